The highest BCUT2D eigenvalue weighted by Gasteiger charge is 2.34. The molecule has 2 atom stereocenters. The molecule has 0 aromatic carbocycles. The normalized spacial score (nSPS) is 31.8. The molecule has 3 aliphatic rings. The Morgan fingerprint density at radius 2 is 1.82 bits per heavy atom. The number of halogens is 1. The van der Waals surface area contributed by atoms with E-state index in [0.717, 1.165) is 45.3 Å². The first kappa shape index (κ1) is 18.5. The van der Waals surface area contributed by atoms with Crippen molar-refractivity contribution in [2.45, 2.75) is 57.1 Å². The average Bonchev–Trinajstić information content (AvgIpc) is 3.02. The van der Waals surface area contributed by atoms with Crippen LogP contribution in [0.1, 0.15) is 44.9 Å². The summed E-state index contributed by atoms with van der Waals surface area (Å²) in [6.07, 6.45) is 7.49. The Morgan fingerprint density at radius 3 is 2.41 bits per heavy atom. The summed E-state index contributed by atoms with van der Waals surface area (Å²) in [5, 5.41) is 3.56. The standard InChI is InChI=1S/C15H28N2O3S.ClH/c18-21(19,12-14-4-1-2-11-20-14)17-9-6-13(7-10-17)15-5-3-8-16-15;/h13-16H,1-12H2;1H. The summed E-state index contributed by atoms with van der Waals surface area (Å²) in [6, 6.07) is 0.622. The highest BCUT2D eigenvalue weighted by atomic mass is 35.5. The predicted molar refractivity (Wildman–Crippen MR) is 89.9 cm³/mol. The molecule has 0 spiro atoms. The van der Waals surface area contributed by atoms with Crippen molar-refractivity contribution in [3.63, 3.8) is 0 Å². The Bertz CT molecular complexity index is 426. The Hall–Kier alpha value is 0.120. The molecule has 0 bridgehead atoms. The van der Waals surface area contributed by atoms with E-state index in [4.69, 9.17) is 4.74 Å². The van der Waals surface area contributed by atoms with Crippen LogP contribution in [0.15, 0.2) is 0 Å². The predicted octanol–water partition coefficient (Wildman–Crippen LogP) is 1.77. The molecule has 0 aromatic rings. The highest BCUT2D eigenvalue weighted by molar-refractivity contribution is 7.89. The largest absolute Gasteiger partial charge is 0.377 e. The first-order valence-electron chi connectivity index (χ1n) is 8.48. The Labute approximate surface area is 140 Å². The van der Waals surface area contributed by atoms with Gasteiger partial charge in [-0.1, -0.05) is 0 Å². The smallest absolute Gasteiger partial charge is 0.216 e. The quantitative estimate of drug-likeness (QED) is 0.837. The molecule has 0 saturated carbocycles. The van der Waals surface area contributed by atoms with Crippen LogP contribution < -0.4 is 5.32 Å². The second kappa shape index (κ2) is 8.29. The third-order valence-electron chi connectivity index (χ3n) is 5.23. The molecule has 0 aromatic heterocycles. The molecule has 0 radical (unpaired) electrons. The van der Waals surface area contributed by atoms with Crippen molar-refractivity contribution < 1.29 is 13.2 Å². The zero-order valence-corrected chi connectivity index (χ0v) is 14.8. The number of hydrogen-bond acceptors (Lipinski definition) is 4. The fourth-order valence-electron chi connectivity index (χ4n) is 3.95. The summed E-state index contributed by atoms with van der Waals surface area (Å²) in [4.78, 5) is 0. The Morgan fingerprint density at radius 1 is 1.05 bits per heavy atom. The number of piperidine rings is 1. The van der Waals surface area contributed by atoms with Gasteiger partial charge in [0, 0.05) is 25.7 Å². The van der Waals surface area contributed by atoms with Crippen molar-refractivity contribution in [3.05, 3.63) is 0 Å². The van der Waals surface area contributed by atoms with Crippen molar-refractivity contribution in [3.8, 4) is 0 Å². The molecular formula is C15H29ClN2O3S. The van der Waals surface area contributed by atoms with E-state index in [1.807, 2.05) is 0 Å². The van der Waals surface area contributed by atoms with Crippen molar-refractivity contribution >= 4 is 22.4 Å². The third kappa shape index (κ3) is 4.57. The summed E-state index contributed by atoms with van der Waals surface area (Å²) in [5.41, 5.74) is 0. The van der Waals surface area contributed by atoms with Crippen LogP contribution in [0, 0.1) is 5.92 Å². The molecular weight excluding hydrogens is 324 g/mol. The number of hydrogen-bond donors (Lipinski definition) is 1. The van der Waals surface area contributed by atoms with Gasteiger partial charge >= 0.3 is 0 Å². The molecule has 130 valence electrons. The van der Waals surface area contributed by atoms with E-state index in [9.17, 15) is 8.42 Å². The maximum absolute atomic E-state index is 12.5. The molecule has 22 heavy (non-hydrogen) atoms. The molecule has 3 saturated heterocycles. The van der Waals surface area contributed by atoms with Crippen LogP contribution in [0.2, 0.25) is 0 Å². The van der Waals surface area contributed by atoms with Gasteiger partial charge in [0.05, 0.1) is 11.9 Å². The van der Waals surface area contributed by atoms with E-state index in [1.165, 1.54) is 12.8 Å². The third-order valence-corrected chi connectivity index (χ3v) is 7.17. The van der Waals surface area contributed by atoms with Gasteiger partial charge in [0.2, 0.25) is 10.0 Å². The number of nitrogens with one attached hydrogen (secondary N) is 1. The van der Waals surface area contributed by atoms with E-state index in [2.05, 4.69) is 5.32 Å². The lowest BCUT2D eigenvalue weighted by atomic mass is 9.89. The molecule has 1 N–H and O–H groups in total. The molecule has 5 nitrogen and oxygen atoms in total. The van der Waals surface area contributed by atoms with Crippen LogP contribution in [-0.4, -0.2) is 56.9 Å². The Balaban J connectivity index is 0.00000176. The number of nitrogens with zero attached hydrogens (tertiary/aromatic N) is 1. The van der Waals surface area contributed by atoms with Crippen molar-refractivity contribution in [2.24, 2.45) is 5.92 Å². The summed E-state index contributed by atoms with van der Waals surface area (Å²) >= 11 is 0. The molecule has 7 heteroatoms. The molecule has 2 unspecified atom stereocenters. The second-order valence-corrected chi connectivity index (χ2v) is 8.72. The topological polar surface area (TPSA) is 58.6 Å². The van der Waals surface area contributed by atoms with Crippen molar-refractivity contribution in [1.82, 2.24) is 9.62 Å². The summed E-state index contributed by atoms with van der Waals surface area (Å²) in [7, 11) is -3.14. The molecule has 3 fully saturated rings. The second-order valence-electron chi connectivity index (χ2n) is 6.71. The van der Waals surface area contributed by atoms with Gasteiger partial charge in [-0.25, -0.2) is 12.7 Å². The van der Waals surface area contributed by atoms with Crippen LogP contribution in [0.25, 0.3) is 0 Å². The summed E-state index contributed by atoms with van der Waals surface area (Å²) in [6.45, 7) is 3.23. The highest BCUT2D eigenvalue weighted by Crippen LogP contribution is 2.27. The van der Waals surface area contributed by atoms with E-state index in [1.54, 1.807) is 4.31 Å². The molecule has 0 amide bonds. The first-order chi connectivity index (χ1) is 10.1. The molecule has 3 aliphatic heterocycles. The molecule has 3 rings (SSSR count). The number of rotatable bonds is 4. The SMILES string of the molecule is Cl.O=S(=O)(CC1CCCCO1)N1CCC(C2CCCN2)CC1. The monoisotopic (exact) mass is 352 g/mol. The fourth-order valence-corrected chi connectivity index (χ4v) is 5.66. The number of ether oxygens (including phenoxy) is 1. The number of sulfonamides is 1. The van der Waals surface area contributed by atoms with Gasteiger partial charge in [-0.2, -0.15) is 0 Å². The maximum Gasteiger partial charge on any atom is 0.216 e. The van der Waals surface area contributed by atoms with E-state index in [0.29, 0.717) is 25.0 Å². The minimum atomic E-state index is -3.14. The van der Waals surface area contributed by atoms with Crippen LogP contribution in [-0.2, 0) is 14.8 Å². The average molecular weight is 353 g/mol. The van der Waals surface area contributed by atoms with Gasteiger partial charge in [0.25, 0.3) is 0 Å². The minimum Gasteiger partial charge on any atom is -0.377 e. The van der Waals surface area contributed by atoms with Gasteiger partial charge in [0.1, 0.15) is 0 Å². The van der Waals surface area contributed by atoms with Gasteiger partial charge in [-0.05, 0) is 57.4 Å². The van der Waals surface area contributed by atoms with Gasteiger partial charge in [-0.15, -0.1) is 12.4 Å². The first-order valence-corrected chi connectivity index (χ1v) is 10.1. The Kier molecular flexibility index (Phi) is 6.95. The van der Waals surface area contributed by atoms with E-state index in [-0.39, 0.29) is 24.3 Å². The summed E-state index contributed by atoms with van der Waals surface area (Å²) in [5.74, 6) is 0.837. The van der Waals surface area contributed by atoms with Crippen molar-refractivity contribution in [2.75, 3.05) is 32.0 Å². The van der Waals surface area contributed by atoms with Crippen LogP contribution in [0.3, 0.4) is 0 Å². The van der Waals surface area contributed by atoms with E-state index < -0.39 is 10.0 Å². The lowest BCUT2D eigenvalue weighted by Crippen LogP contribution is -2.45. The zero-order valence-electron chi connectivity index (χ0n) is 13.2. The molecule has 3 heterocycles. The van der Waals surface area contributed by atoms with Crippen LogP contribution in [0.4, 0.5) is 0 Å². The lowest BCUT2D eigenvalue weighted by Gasteiger charge is -2.35. The van der Waals surface area contributed by atoms with Crippen LogP contribution >= 0.6 is 12.4 Å². The van der Waals surface area contributed by atoms with Crippen LogP contribution in [0.5, 0.6) is 0 Å². The summed E-state index contributed by atoms with van der Waals surface area (Å²) < 4.78 is 32.3. The maximum atomic E-state index is 12.5. The van der Waals surface area contributed by atoms with Gasteiger partial charge in [0.15, 0.2) is 0 Å². The zero-order chi connectivity index (χ0) is 14.7. The van der Waals surface area contributed by atoms with E-state index >= 15 is 0 Å². The minimum absolute atomic E-state index is 0. The van der Waals surface area contributed by atoms with Crippen molar-refractivity contribution in [1.29, 1.82) is 0 Å². The van der Waals surface area contributed by atoms with Gasteiger partial charge in [-0.3, -0.25) is 0 Å². The molecule has 0 aliphatic carbocycles. The fraction of sp³-hybridized carbons (Fsp3) is 1.00. The lowest BCUT2D eigenvalue weighted by molar-refractivity contribution is 0.0297. The van der Waals surface area contributed by atoms with Gasteiger partial charge < -0.3 is 10.1 Å².